The van der Waals surface area contributed by atoms with Crippen LogP contribution in [0.15, 0.2) is 24.5 Å². The maximum absolute atomic E-state index is 12.0. The molecular formula is C15H23N3O3. The molecule has 0 spiro atoms. The quantitative estimate of drug-likeness (QED) is 0.805. The third-order valence-corrected chi connectivity index (χ3v) is 2.79. The summed E-state index contributed by atoms with van der Waals surface area (Å²) >= 11 is 0. The van der Waals surface area contributed by atoms with Crippen molar-refractivity contribution < 1.29 is 14.3 Å². The van der Waals surface area contributed by atoms with Crippen LogP contribution in [-0.4, -0.2) is 36.2 Å². The first kappa shape index (κ1) is 16.9. The number of hydrogen-bond acceptors (Lipinski definition) is 4. The summed E-state index contributed by atoms with van der Waals surface area (Å²) in [4.78, 5) is 27.3. The van der Waals surface area contributed by atoms with Gasteiger partial charge < -0.3 is 15.4 Å². The molecule has 1 atom stereocenters. The predicted molar refractivity (Wildman–Crippen MR) is 80.0 cm³/mol. The summed E-state index contributed by atoms with van der Waals surface area (Å²) in [5, 5.41) is 5.57. The molecule has 0 saturated heterocycles. The lowest BCUT2D eigenvalue weighted by Crippen LogP contribution is -2.44. The lowest BCUT2D eigenvalue weighted by atomic mass is 10.0. The van der Waals surface area contributed by atoms with E-state index in [1.165, 1.54) is 6.20 Å². The Bertz CT molecular complexity index is 449. The molecule has 1 rings (SSSR count). The minimum atomic E-state index is -0.459. The molecule has 2 N–H and O–H groups in total. The topological polar surface area (TPSA) is 80.3 Å². The molecule has 0 unspecified atom stereocenters. The Kier molecular flexibility index (Phi) is 7.21. The number of ether oxygens (including phenoxy) is 1. The van der Waals surface area contributed by atoms with E-state index in [9.17, 15) is 9.59 Å². The first-order valence-corrected chi connectivity index (χ1v) is 7.14. The molecule has 0 aliphatic carbocycles. The molecule has 2 amide bonds. The fourth-order valence-electron chi connectivity index (χ4n) is 1.92. The molecule has 1 aromatic rings. The fourth-order valence-corrected chi connectivity index (χ4v) is 1.92. The summed E-state index contributed by atoms with van der Waals surface area (Å²) in [6.07, 6.45) is 3.41. The molecule has 0 fully saturated rings. The van der Waals surface area contributed by atoms with E-state index in [2.05, 4.69) is 29.5 Å². The molecular weight excluding hydrogens is 270 g/mol. The lowest BCUT2D eigenvalue weighted by Gasteiger charge is -2.20. The van der Waals surface area contributed by atoms with Crippen LogP contribution in [0, 0.1) is 5.92 Å². The van der Waals surface area contributed by atoms with Crippen LogP contribution in [0.25, 0.3) is 0 Å². The summed E-state index contributed by atoms with van der Waals surface area (Å²) in [6.45, 7) is 6.54. The number of nitrogens with zero attached hydrogens (tertiary/aromatic N) is 1. The smallest absolute Gasteiger partial charge is 0.407 e. The Hall–Kier alpha value is -2.11. The second-order valence-electron chi connectivity index (χ2n) is 5.14. The van der Waals surface area contributed by atoms with Crippen molar-refractivity contribution in [2.24, 2.45) is 5.92 Å². The van der Waals surface area contributed by atoms with Crippen LogP contribution in [0.3, 0.4) is 0 Å². The highest BCUT2D eigenvalue weighted by atomic mass is 16.5. The fraction of sp³-hybridized carbons (Fsp3) is 0.533. The SMILES string of the molecule is CCOC(=O)N[C@@H](CNC(=O)c1cccnc1)CC(C)C. The number of carbonyl (C=O) groups is 2. The van der Waals surface area contributed by atoms with Crippen molar-refractivity contribution in [1.29, 1.82) is 0 Å². The van der Waals surface area contributed by atoms with E-state index >= 15 is 0 Å². The second-order valence-corrected chi connectivity index (χ2v) is 5.14. The van der Waals surface area contributed by atoms with Gasteiger partial charge in [-0.3, -0.25) is 9.78 Å². The standard InChI is InChI=1S/C15H23N3O3/c1-4-21-15(20)18-13(8-11(2)3)10-17-14(19)12-6-5-7-16-9-12/h5-7,9,11,13H,4,8,10H2,1-3H3,(H,17,19)(H,18,20)/t13-/m1/s1. The Morgan fingerprint density at radius 1 is 1.38 bits per heavy atom. The number of alkyl carbamates (subject to hydrolysis) is 1. The van der Waals surface area contributed by atoms with E-state index in [0.29, 0.717) is 24.6 Å². The Labute approximate surface area is 125 Å². The summed E-state index contributed by atoms with van der Waals surface area (Å²) in [5.41, 5.74) is 0.497. The van der Waals surface area contributed by atoms with Crippen molar-refractivity contribution in [3.05, 3.63) is 30.1 Å². The molecule has 0 radical (unpaired) electrons. The van der Waals surface area contributed by atoms with Gasteiger partial charge in [0.15, 0.2) is 0 Å². The van der Waals surface area contributed by atoms with Crippen molar-refractivity contribution in [2.75, 3.05) is 13.2 Å². The first-order valence-electron chi connectivity index (χ1n) is 7.14. The van der Waals surface area contributed by atoms with Gasteiger partial charge >= 0.3 is 6.09 Å². The monoisotopic (exact) mass is 293 g/mol. The summed E-state index contributed by atoms with van der Waals surface area (Å²) in [5.74, 6) is 0.190. The van der Waals surface area contributed by atoms with E-state index in [4.69, 9.17) is 4.74 Å². The van der Waals surface area contributed by atoms with Gasteiger partial charge in [0.05, 0.1) is 12.2 Å². The van der Waals surface area contributed by atoms with Crippen LogP contribution in [0.1, 0.15) is 37.6 Å². The zero-order valence-corrected chi connectivity index (χ0v) is 12.8. The maximum atomic E-state index is 12.0. The third kappa shape index (κ3) is 6.74. The number of hydrogen-bond donors (Lipinski definition) is 2. The van der Waals surface area contributed by atoms with Crippen molar-refractivity contribution in [1.82, 2.24) is 15.6 Å². The van der Waals surface area contributed by atoms with Gasteiger partial charge in [0.1, 0.15) is 0 Å². The molecule has 21 heavy (non-hydrogen) atoms. The van der Waals surface area contributed by atoms with Crippen LogP contribution in [0.5, 0.6) is 0 Å². The van der Waals surface area contributed by atoms with Gasteiger partial charge in [-0.2, -0.15) is 0 Å². The van der Waals surface area contributed by atoms with Crippen molar-refractivity contribution >= 4 is 12.0 Å². The van der Waals surface area contributed by atoms with Gasteiger partial charge in [-0.1, -0.05) is 13.8 Å². The molecule has 1 heterocycles. The molecule has 1 aromatic heterocycles. The third-order valence-electron chi connectivity index (χ3n) is 2.79. The van der Waals surface area contributed by atoms with Crippen molar-refractivity contribution in [3.63, 3.8) is 0 Å². The zero-order chi connectivity index (χ0) is 15.7. The molecule has 6 heteroatoms. The minimum Gasteiger partial charge on any atom is -0.450 e. The molecule has 0 bridgehead atoms. The molecule has 116 valence electrons. The summed E-state index contributed by atoms with van der Waals surface area (Å²) < 4.78 is 4.87. The Balaban J connectivity index is 2.52. The Morgan fingerprint density at radius 3 is 2.71 bits per heavy atom. The normalized spacial score (nSPS) is 11.8. The average Bonchev–Trinajstić information content (AvgIpc) is 2.45. The second kappa shape index (κ2) is 8.94. The summed E-state index contributed by atoms with van der Waals surface area (Å²) in [7, 11) is 0. The van der Waals surface area contributed by atoms with Crippen LogP contribution < -0.4 is 10.6 Å². The van der Waals surface area contributed by atoms with Gasteiger partial charge in [0, 0.05) is 25.0 Å². The molecule has 6 nitrogen and oxygen atoms in total. The highest BCUT2D eigenvalue weighted by Gasteiger charge is 2.16. The predicted octanol–water partition coefficient (Wildman–Crippen LogP) is 1.97. The van der Waals surface area contributed by atoms with Crippen molar-refractivity contribution in [3.8, 4) is 0 Å². The molecule has 0 aliphatic heterocycles. The molecule has 0 aliphatic rings. The van der Waals surface area contributed by atoms with Gasteiger partial charge in [0.2, 0.25) is 0 Å². The van der Waals surface area contributed by atoms with Crippen molar-refractivity contribution in [2.45, 2.75) is 33.2 Å². The highest BCUT2D eigenvalue weighted by Crippen LogP contribution is 2.05. The largest absolute Gasteiger partial charge is 0.450 e. The van der Waals surface area contributed by atoms with Crippen LogP contribution >= 0.6 is 0 Å². The molecule has 0 saturated carbocycles. The van der Waals surface area contributed by atoms with Crippen LogP contribution in [-0.2, 0) is 4.74 Å². The van der Waals surface area contributed by atoms with E-state index < -0.39 is 6.09 Å². The van der Waals surface area contributed by atoms with Crippen LogP contribution in [0.2, 0.25) is 0 Å². The average molecular weight is 293 g/mol. The first-order chi connectivity index (χ1) is 10.0. The Morgan fingerprint density at radius 2 is 2.14 bits per heavy atom. The van der Waals surface area contributed by atoms with Gasteiger partial charge in [-0.25, -0.2) is 4.79 Å². The number of carbonyl (C=O) groups excluding carboxylic acids is 2. The van der Waals surface area contributed by atoms with E-state index in [0.717, 1.165) is 6.42 Å². The van der Waals surface area contributed by atoms with E-state index in [1.807, 2.05) is 0 Å². The van der Waals surface area contributed by atoms with Gasteiger partial charge in [0.25, 0.3) is 5.91 Å². The van der Waals surface area contributed by atoms with Gasteiger partial charge in [-0.05, 0) is 31.4 Å². The number of aromatic nitrogens is 1. The minimum absolute atomic E-state index is 0.162. The van der Waals surface area contributed by atoms with Gasteiger partial charge in [-0.15, -0.1) is 0 Å². The zero-order valence-electron chi connectivity index (χ0n) is 12.8. The van der Waals surface area contributed by atoms with E-state index in [1.54, 1.807) is 25.3 Å². The maximum Gasteiger partial charge on any atom is 0.407 e. The number of amides is 2. The lowest BCUT2D eigenvalue weighted by molar-refractivity contribution is 0.0944. The van der Waals surface area contributed by atoms with E-state index in [-0.39, 0.29) is 11.9 Å². The number of pyridine rings is 1. The highest BCUT2D eigenvalue weighted by molar-refractivity contribution is 5.93. The molecule has 0 aromatic carbocycles. The number of rotatable bonds is 7. The summed E-state index contributed by atoms with van der Waals surface area (Å²) in [6, 6.07) is 3.24. The number of nitrogens with one attached hydrogen (secondary N) is 2. The van der Waals surface area contributed by atoms with Crippen LogP contribution in [0.4, 0.5) is 4.79 Å².